The van der Waals surface area contributed by atoms with Crippen LogP contribution in [0.4, 0.5) is 0 Å². The van der Waals surface area contributed by atoms with Crippen LogP contribution in [0.25, 0.3) is 10.8 Å². The molecular weight excluding hydrogens is 252 g/mol. The SMILES string of the molecule is CCC(CC)CNC(=O)c1cc2ccccc2c(=O)[nH]1. The minimum absolute atomic E-state index is 0.222. The molecular formula is C16H20N2O2. The van der Waals surface area contributed by atoms with Crippen molar-refractivity contribution in [3.8, 4) is 0 Å². The molecule has 0 radical (unpaired) electrons. The first-order valence-corrected chi connectivity index (χ1v) is 7.06. The number of aromatic amines is 1. The molecule has 0 atom stereocenters. The number of pyridine rings is 1. The van der Waals surface area contributed by atoms with E-state index in [1.165, 1.54) is 0 Å². The summed E-state index contributed by atoms with van der Waals surface area (Å²) in [7, 11) is 0. The Balaban J connectivity index is 2.20. The second-order valence-corrected chi connectivity index (χ2v) is 4.99. The fourth-order valence-corrected chi connectivity index (χ4v) is 2.24. The summed E-state index contributed by atoms with van der Waals surface area (Å²) in [6.45, 7) is 4.86. The van der Waals surface area contributed by atoms with E-state index < -0.39 is 0 Å². The number of nitrogens with one attached hydrogen (secondary N) is 2. The van der Waals surface area contributed by atoms with Crippen molar-refractivity contribution in [2.45, 2.75) is 26.7 Å². The molecule has 2 rings (SSSR count). The van der Waals surface area contributed by atoms with Crippen LogP contribution in [-0.2, 0) is 0 Å². The van der Waals surface area contributed by atoms with Crippen LogP contribution in [-0.4, -0.2) is 17.4 Å². The summed E-state index contributed by atoms with van der Waals surface area (Å²) >= 11 is 0. The average molecular weight is 272 g/mol. The maximum absolute atomic E-state index is 12.1. The summed E-state index contributed by atoms with van der Waals surface area (Å²) in [6, 6.07) is 8.97. The van der Waals surface area contributed by atoms with Gasteiger partial charge in [0.15, 0.2) is 0 Å². The van der Waals surface area contributed by atoms with Crippen molar-refractivity contribution < 1.29 is 4.79 Å². The van der Waals surface area contributed by atoms with Crippen LogP contribution in [0.15, 0.2) is 35.1 Å². The molecule has 1 aromatic heterocycles. The van der Waals surface area contributed by atoms with E-state index in [0.29, 0.717) is 23.5 Å². The molecule has 1 amide bonds. The molecule has 0 fully saturated rings. The first kappa shape index (κ1) is 14.3. The van der Waals surface area contributed by atoms with Crippen molar-refractivity contribution in [2.75, 3.05) is 6.54 Å². The van der Waals surface area contributed by atoms with E-state index in [1.807, 2.05) is 18.2 Å². The minimum Gasteiger partial charge on any atom is -0.350 e. The Labute approximate surface area is 118 Å². The van der Waals surface area contributed by atoms with E-state index in [-0.39, 0.29) is 11.5 Å². The number of benzene rings is 1. The van der Waals surface area contributed by atoms with Gasteiger partial charge in [-0.2, -0.15) is 0 Å². The second kappa shape index (κ2) is 6.37. The highest BCUT2D eigenvalue weighted by molar-refractivity contribution is 5.96. The lowest BCUT2D eigenvalue weighted by Crippen LogP contribution is -2.30. The summed E-state index contributed by atoms with van der Waals surface area (Å²) < 4.78 is 0. The van der Waals surface area contributed by atoms with Crippen molar-refractivity contribution in [3.05, 3.63) is 46.4 Å². The molecule has 1 heterocycles. The summed E-state index contributed by atoms with van der Waals surface area (Å²) in [5.74, 6) is 0.255. The molecule has 0 saturated heterocycles. The van der Waals surface area contributed by atoms with E-state index >= 15 is 0 Å². The van der Waals surface area contributed by atoms with Gasteiger partial charge in [0.05, 0.1) is 0 Å². The monoisotopic (exact) mass is 272 g/mol. The van der Waals surface area contributed by atoms with Crippen molar-refractivity contribution in [3.63, 3.8) is 0 Å². The maximum atomic E-state index is 12.1. The first-order valence-electron chi connectivity index (χ1n) is 7.06. The third-order valence-corrected chi connectivity index (χ3v) is 3.70. The smallest absolute Gasteiger partial charge is 0.267 e. The number of carbonyl (C=O) groups is 1. The lowest BCUT2D eigenvalue weighted by atomic mass is 10.0. The van der Waals surface area contributed by atoms with Gasteiger partial charge in [-0.1, -0.05) is 44.9 Å². The Morgan fingerprint density at radius 1 is 1.25 bits per heavy atom. The number of fused-ring (bicyclic) bond motifs is 1. The number of aromatic nitrogens is 1. The highest BCUT2D eigenvalue weighted by atomic mass is 16.2. The van der Waals surface area contributed by atoms with Crippen LogP contribution in [0.2, 0.25) is 0 Å². The maximum Gasteiger partial charge on any atom is 0.267 e. The molecule has 0 aliphatic rings. The van der Waals surface area contributed by atoms with Gasteiger partial charge in [0.2, 0.25) is 0 Å². The summed E-state index contributed by atoms with van der Waals surface area (Å²) in [4.78, 5) is 26.7. The zero-order chi connectivity index (χ0) is 14.5. The molecule has 1 aromatic carbocycles. The topological polar surface area (TPSA) is 62.0 Å². The molecule has 0 saturated carbocycles. The van der Waals surface area contributed by atoms with Gasteiger partial charge < -0.3 is 10.3 Å². The van der Waals surface area contributed by atoms with Crippen LogP contribution >= 0.6 is 0 Å². The van der Waals surface area contributed by atoms with Gasteiger partial charge in [-0.15, -0.1) is 0 Å². The van der Waals surface area contributed by atoms with Crippen LogP contribution < -0.4 is 10.9 Å². The van der Waals surface area contributed by atoms with Gasteiger partial charge in [0.25, 0.3) is 11.5 Å². The van der Waals surface area contributed by atoms with Crippen molar-refractivity contribution >= 4 is 16.7 Å². The van der Waals surface area contributed by atoms with Gasteiger partial charge >= 0.3 is 0 Å². The minimum atomic E-state index is -0.226. The molecule has 20 heavy (non-hydrogen) atoms. The normalized spacial score (nSPS) is 10.9. The van der Waals surface area contributed by atoms with Gasteiger partial charge in [-0.25, -0.2) is 0 Å². The van der Waals surface area contributed by atoms with Crippen LogP contribution in [0, 0.1) is 5.92 Å². The molecule has 0 spiro atoms. The van der Waals surface area contributed by atoms with Crippen LogP contribution in [0.3, 0.4) is 0 Å². The highest BCUT2D eigenvalue weighted by Gasteiger charge is 2.11. The molecule has 106 valence electrons. The standard InChI is InChI=1S/C16H20N2O2/c1-3-11(4-2)10-17-16(20)14-9-12-7-5-6-8-13(12)15(19)18-14/h5-9,11H,3-4,10H2,1-2H3,(H,17,20)(H,18,19). The molecule has 0 bridgehead atoms. The van der Waals surface area contributed by atoms with E-state index in [4.69, 9.17) is 0 Å². The number of hydrogen-bond donors (Lipinski definition) is 2. The number of carbonyl (C=O) groups excluding carboxylic acids is 1. The Morgan fingerprint density at radius 2 is 1.95 bits per heavy atom. The van der Waals surface area contributed by atoms with Crippen molar-refractivity contribution in [1.29, 1.82) is 0 Å². The summed E-state index contributed by atoms with van der Waals surface area (Å²) in [5, 5.41) is 4.27. The third kappa shape index (κ3) is 3.07. The summed E-state index contributed by atoms with van der Waals surface area (Å²) in [5.41, 5.74) is 0.0930. The van der Waals surface area contributed by atoms with E-state index in [9.17, 15) is 9.59 Å². The predicted molar refractivity (Wildman–Crippen MR) is 81.0 cm³/mol. The number of H-pyrrole nitrogens is 1. The third-order valence-electron chi connectivity index (χ3n) is 3.70. The van der Waals surface area contributed by atoms with Gasteiger partial charge in [-0.3, -0.25) is 9.59 Å². The molecule has 4 heteroatoms. The quantitative estimate of drug-likeness (QED) is 0.879. The van der Waals surface area contributed by atoms with Gasteiger partial charge in [0, 0.05) is 11.9 Å². The Hall–Kier alpha value is -2.10. The lowest BCUT2D eigenvalue weighted by Gasteiger charge is -2.13. The highest BCUT2D eigenvalue weighted by Crippen LogP contribution is 2.10. The van der Waals surface area contributed by atoms with E-state index in [0.717, 1.165) is 18.2 Å². The molecule has 2 aromatic rings. The zero-order valence-electron chi connectivity index (χ0n) is 11.9. The van der Waals surface area contributed by atoms with Crippen LogP contribution in [0.5, 0.6) is 0 Å². The Kier molecular flexibility index (Phi) is 4.56. The largest absolute Gasteiger partial charge is 0.350 e. The molecule has 4 nitrogen and oxygen atoms in total. The Morgan fingerprint density at radius 3 is 2.65 bits per heavy atom. The second-order valence-electron chi connectivity index (χ2n) is 4.99. The Bertz CT molecular complexity index is 657. The number of hydrogen-bond acceptors (Lipinski definition) is 2. The zero-order valence-corrected chi connectivity index (χ0v) is 11.9. The van der Waals surface area contributed by atoms with Crippen LogP contribution in [0.1, 0.15) is 37.2 Å². The number of rotatable bonds is 5. The van der Waals surface area contributed by atoms with Gasteiger partial charge in [-0.05, 0) is 23.4 Å². The number of amides is 1. The van der Waals surface area contributed by atoms with Gasteiger partial charge in [0.1, 0.15) is 5.69 Å². The lowest BCUT2D eigenvalue weighted by molar-refractivity contribution is 0.0941. The van der Waals surface area contributed by atoms with Crippen molar-refractivity contribution in [2.24, 2.45) is 5.92 Å². The molecule has 2 N–H and O–H groups in total. The van der Waals surface area contributed by atoms with E-state index in [2.05, 4.69) is 24.1 Å². The van der Waals surface area contributed by atoms with E-state index in [1.54, 1.807) is 12.1 Å². The molecule has 0 aliphatic carbocycles. The fourth-order valence-electron chi connectivity index (χ4n) is 2.24. The predicted octanol–water partition coefficient (Wildman–Crippen LogP) is 2.69. The summed E-state index contributed by atoms with van der Waals surface area (Å²) in [6.07, 6.45) is 2.07. The fraction of sp³-hybridized carbons (Fsp3) is 0.375. The van der Waals surface area contributed by atoms with Crippen molar-refractivity contribution in [1.82, 2.24) is 10.3 Å². The first-order chi connectivity index (χ1) is 9.65. The molecule has 0 unspecified atom stereocenters. The average Bonchev–Trinajstić information content (AvgIpc) is 2.48. The molecule has 0 aliphatic heterocycles.